The average Bonchev–Trinajstić information content (AvgIpc) is 3.45. The monoisotopic (exact) mass is 620 g/mol. The van der Waals surface area contributed by atoms with Crippen molar-refractivity contribution >= 4 is 29.4 Å². The van der Waals surface area contributed by atoms with Crippen molar-refractivity contribution in [3.63, 3.8) is 0 Å². The molecule has 3 atom stereocenters. The van der Waals surface area contributed by atoms with E-state index in [2.05, 4.69) is 16.0 Å². The highest BCUT2D eigenvalue weighted by Gasteiger charge is 2.28. The first-order valence-electron chi connectivity index (χ1n) is 16.1. The van der Waals surface area contributed by atoms with E-state index in [1.807, 2.05) is 30.3 Å². The van der Waals surface area contributed by atoms with Crippen LogP contribution in [0, 0.1) is 0 Å². The van der Waals surface area contributed by atoms with Gasteiger partial charge in [0.05, 0.1) is 23.8 Å². The molecule has 0 bridgehead atoms. The summed E-state index contributed by atoms with van der Waals surface area (Å²) in [6.07, 6.45) is 5.77. The van der Waals surface area contributed by atoms with Crippen molar-refractivity contribution in [3.8, 4) is 0 Å². The number of rotatable bonds is 12. The van der Waals surface area contributed by atoms with Crippen LogP contribution in [0.25, 0.3) is 0 Å². The summed E-state index contributed by atoms with van der Waals surface area (Å²) in [4.78, 5) is 53.7. The third kappa shape index (κ3) is 10.1. The number of amides is 3. The molecule has 4 N–H and O–H groups in total. The standard InChI is InChI=1S/C35H48N4O6/c1-23(32(42)37-27-14-9-6-10-15-27)36-22-30(40)29(18-24-12-7-5-8-13-24)38-33(43)25-19-26(34(44)45-35(2,3)4)21-28(20-25)39-17-11-16-31(39)41/h5,7-8,12-13,19-21,23,27,29-30,36,40H,6,9-11,14-18,22H2,1-4H3,(H,37,42)(H,38,43)/t23-,29-,30+/m0/s1. The van der Waals surface area contributed by atoms with Gasteiger partial charge in [-0.2, -0.15) is 0 Å². The molecule has 1 saturated heterocycles. The Morgan fingerprint density at radius 1 is 1.00 bits per heavy atom. The highest BCUT2D eigenvalue weighted by atomic mass is 16.6. The van der Waals surface area contributed by atoms with Crippen LogP contribution in [-0.4, -0.2) is 71.7 Å². The van der Waals surface area contributed by atoms with Gasteiger partial charge in [-0.15, -0.1) is 0 Å². The van der Waals surface area contributed by atoms with Crippen molar-refractivity contribution < 1.29 is 29.0 Å². The Balaban J connectivity index is 1.51. The number of hydrogen-bond acceptors (Lipinski definition) is 7. The maximum absolute atomic E-state index is 13.8. The minimum atomic E-state index is -1.03. The van der Waals surface area contributed by atoms with Crippen LogP contribution in [0.15, 0.2) is 48.5 Å². The molecule has 10 nitrogen and oxygen atoms in total. The molecule has 2 aromatic rings. The summed E-state index contributed by atoms with van der Waals surface area (Å²) in [5, 5.41) is 20.5. The molecule has 244 valence electrons. The first kappa shape index (κ1) is 34.1. The fourth-order valence-corrected chi connectivity index (χ4v) is 5.78. The Kier molecular flexibility index (Phi) is 11.7. The Hall–Kier alpha value is -3.76. The molecule has 1 aliphatic heterocycles. The maximum Gasteiger partial charge on any atom is 0.338 e. The first-order valence-corrected chi connectivity index (χ1v) is 16.1. The molecule has 1 saturated carbocycles. The summed E-state index contributed by atoms with van der Waals surface area (Å²) < 4.78 is 5.57. The summed E-state index contributed by atoms with van der Waals surface area (Å²) >= 11 is 0. The topological polar surface area (TPSA) is 137 Å². The Labute approximate surface area is 266 Å². The lowest BCUT2D eigenvalue weighted by Gasteiger charge is -2.28. The lowest BCUT2D eigenvalue weighted by Crippen LogP contribution is -2.53. The molecule has 1 aliphatic carbocycles. The lowest BCUT2D eigenvalue weighted by molar-refractivity contribution is -0.123. The van der Waals surface area contributed by atoms with E-state index < -0.39 is 35.7 Å². The number of aliphatic hydroxyl groups excluding tert-OH is 1. The van der Waals surface area contributed by atoms with Gasteiger partial charge < -0.3 is 30.7 Å². The fourth-order valence-electron chi connectivity index (χ4n) is 5.78. The van der Waals surface area contributed by atoms with E-state index in [0.717, 1.165) is 31.2 Å². The number of benzene rings is 2. The van der Waals surface area contributed by atoms with Crippen LogP contribution in [-0.2, 0) is 20.7 Å². The Bertz CT molecular complexity index is 1340. The second-order valence-electron chi connectivity index (χ2n) is 13.2. The zero-order valence-corrected chi connectivity index (χ0v) is 26.9. The highest BCUT2D eigenvalue weighted by Crippen LogP contribution is 2.26. The number of carbonyl (C=O) groups excluding carboxylic acids is 4. The van der Waals surface area contributed by atoms with Gasteiger partial charge in [0.2, 0.25) is 11.8 Å². The van der Waals surface area contributed by atoms with Crippen LogP contribution in [0.2, 0.25) is 0 Å². The second kappa shape index (κ2) is 15.5. The molecule has 1 heterocycles. The first-order chi connectivity index (χ1) is 21.4. The van der Waals surface area contributed by atoms with Crippen LogP contribution >= 0.6 is 0 Å². The average molecular weight is 621 g/mol. The van der Waals surface area contributed by atoms with Gasteiger partial charge in [-0.25, -0.2) is 4.79 Å². The number of ether oxygens (including phenoxy) is 1. The quantitative estimate of drug-likeness (QED) is 0.264. The van der Waals surface area contributed by atoms with E-state index in [0.29, 0.717) is 31.5 Å². The number of nitrogens with one attached hydrogen (secondary N) is 3. The van der Waals surface area contributed by atoms with E-state index in [4.69, 9.17) is 4.74 Å². The molecule has 45 heavy (non-hydrogen) atoms. The minimum absolute atomic E-state index is 0.0719. The number of anilines is 1. The van der Waals surface area contributed by atoms with Crippen LogP contribution in [0.1, 0.15) is 98.9 Å². The molecule has 4 rings (SSSR count). The normalized spacial score (nSPS) is 17.8. The predicted molar refractivity (Wildman–Crippen MR) is 173 cm³/mol. The van der Waals surface area contributed by atoms with Gasteiger partial charge >= 0.3 is 5.97 Å². The minimum Gasteiger partial charge on any atom is -0.456 e. The molecule has 2 aromatic carbocycles. The summed E-state index contributed by atoms with van der Waals surface area (Å²) in [5.74, 6) is -1.29. The summed E-state index contributed by atoms with van der Waals surface area (Å²) in [6.45, 7) is 7.61. The van der Waals surface area contributed by atoms with Crippen molar-refractivity contribution in [1.82, 2.24) is 16.0 Å². The smallest absolute Gasteiger partial charge is 0.338 e. The van der Waals surface area contributed by atoms with Gasteiger partial charge in [0.25, 0.3) is 5.91 Å². The largest absolute Gasteiger partial charge is 0.456 e. The lowest BCUT2D eigenvalue weighted by atomic mass is 9.95. The molecule has 0 radical (unpaired) electrons. The molecule has 2 fully saturated rings. The van der Waals surface area contributed by atoms with Crippen molar-refractivity contribution in [2.75, 3.05) is 18.0 Å². The van der Waals surface area contributed by atoms with E-state index in [-0.39, 0.29) is 35.5 Å². The van der Waals surface area contributed by atoms with Gasteiger partial charge in [-0.3, -0.25) is 14.4 Å². The zero-order valence-electron chi connectivity index (χ0n) is 26.9. The van der Waals surface area contributed by atoms with Gasteiger partial charge in [-0.05, 0) is 77.1 Å². The highest BCUT2D eigenvalue weighted by molar-refractivity contribution is 6.02. The van der Waals surface area contributed by atoms with Crippen molar-refractivity contribution in [2.45, 2.75) is 109 Å². The molecule has 10 heteroatoms. The van der Waals surface area contributed by atoms with Crippen LogP contribution in [0.3, 0.4) is 0 Å². The van der Waals surface area contributed by atoms with Gasteiger partial charge in [0.1, 0.15) is 5.60 Å². The van der Waals surface area contributed by atoms with Crippen molar-refractivity contribution in [1.29, 1.82) is 0 Å². The van der Waals surface area contributed by atoms with E-state index in [1.54, 1.807) is 44.7 Å². The fraction of sp³-hybridized carbons (Fsp3) is 0.543. The SMILES string of the molecule is C[C@H](NC[C@@H](O)[C@H](Cc1ccccc1)NC(=O)c1cc(C(=O)OC(C)(C)C)cc(N2CCCC2=O)c1)C(=O)NC1CCCCC1. The van der Waals surface area contributed by atoms with Gasteiger partial charge in [0, 0.05) is 36.8 Å². The van der Waals surface area contributed by atoms with Crippen LogP contribution in [0.4, 0.5) is 5.69 Å². The third-order valence-corrected chi connectivity index (χ3v) is 8.26. The Morgan fingerprint density at radius 2 is 1.69 bits per heavy atom. The second-order valence-corrected chi connectivity index (χ2v) is 13.2. The van der Waals surface area contributed by atoms with E-state index in [9.17, 15) is 24.3 Å². The molecule has 3 amide bonds. The van der Waals surface area contributed by atoms with Crippen LogP contribution < -0.4 is 20.9 Å². The molecule has 0 spiro atoms. The molecular weight excluding hydrogens is 572 g/mol. The number of esters is 1. The molecular formula is C35H48N4O6. The van der Waals surface area contributed by atoms with Crippen molar-refractivity contribution in [3.05, 3.63) is 65.2 Å². The third-order valence-electron chi connectivity index (χ3n) is 8.26. The maximum atomic E-state index is 13.8. The number of carbonyl (C=O) groups is 4. The predicted octanol–water partition coefficient (Wildman–Crippen LogP) is 3.90. The van der Waals surface area contributed by atoms with Crippen LogP contribution in [0.5, 0.6) is 0 Å². The Morgan fingerprint density at radius 3 is 2.33 bits per heavy atom. The summed E-state index contributed by atoms with van der Waals surface area (Å²) in [7, 11) is 0. The van der Waals surface area contributed by atoms with Gasteiger partial charge in [-0.1, -0.05) is 49.6 Å². The van der Waals surface area contributed by atoms with Crippen molar-refractivity contribution in [2.24, 2.45) is 0 Å². The number of nitrogens with zero attached hydrogens (tertiary/aromatic N) is 1. The molecule has 2 aliphatic rings. The summed E-state index contributed by atoms with van der Waals surface area (Å²) in [6, 6.07) is 13.1. The van der Waals surface area contributed by atoms with E-state index >= 15 is 0 Å². The molecule has 0 unspecified atom stereocenters. The zero-order chi connectivity index (χ0) is 32.6. The number of hydrogen-bond donors (Lipinski definition) is 4. The summed E-state index contributed by atoms with van der Waals surface area (Å²) in [5.41, 5.74) is 0.946. The number of aliphatic hydroxyl groups is 1. The van der Waals surface area contributed by atoms with E-state index in [1.165, 1.54) is 12.5 Å². The molecule has 0 aromatic heterocycles. The van der Waals surface area contributed by atoms with Gasteiger partial charge in [0.15, 0.2) is 0 Å².